The van der Waals surface area contributed by atoms with Gasteiger partial charge in [-0.25, -0.2) is 0 Å². The van der Waals surface area contributed by atoms with Gasteiger partial charge in [0.2, 0.25) is 0 Å². The lowest BCUT2D eigenvalue weighted by Gasteiger charge is -2.24. The van der Waals surface area contributed by atoms with Crippen LogP contribution in [-0.4, -0.2) is 24.2 Å². The van der Waals surface area contributed by atoms with Crippen LogP contribution in [0.4, 0.5) is 17.6 Å². The van der Waals surface area contributed by atoms with Crippen molar-refractivity contribution in [3.63, 3.8) is 0 Å². The monoisotopic (exact) mass is 344 g/mol. The molecule has 2 rings (SSSR count). The summed E-state index contributed by atoms with van der Waals surface area (Å²) in [6, 6.07) is 5.65. The van der Waals surface area contributed by atoms with E-state index in [1.54, 1.807) is 6.07 Å². The smallest absolute Gasteiger partial charge is 0.442 e. The number of benzene rings is 1. The van der Waals surface area contributed by atoms with E-state index in [4.69, 9.17) is 9.47 Å². The van der Waals surface area contributed by atoms with Crippen molar-refractivity contribution < 1.29 is 31.8 Å². The molecule has 0 aliphatic carbocycles. The molecule has 0 radical (unpaired) electrons. The number of rotatable bonds is 3. The van der Waals surface area contributed by atoms with Crippen molar-refractivity contribution in [1.29, 1.82) is 0 Å². The molecule has 1 heterocycles. The summed E-state index contributed by atoms with van der Waals surface area (Å²) in [5.41, 5.74) is 0.200. The number of hydrogen-bond donors (Lipinski definition) is 0. The molecule has 0 N–H and O–H groups in total. The molecule has 1 aliphatic heterocycles. The number of ether oxygens (including phenoxy) is 3. The second-order valence-electron chi connectivity index (χ2n) is 3.73. The first kappa shape index (κ1) is 14.5. The van der Waals surface area contributed by atoms with Crippen molar-refractivity contribution >= 4 is 15.9 Å². The SMILES string of the molecule is FC(F)(F)C(F)(Br)Oc1ccccc1C1OCCO1. The van der Waals surface area contributed by atoms with Crippen LogP contribution in [0, 0.1) is 0 Å². The summed E-state index contributed by atoms with van der Waals surface area (Å²) in [7, 11) is 0. The molecule has 1 aromatic carbocycles. The standard InChI is InChI=1S/C11H9BrF4O3/c12-10(13,11(14,15)16)19-8-4-2-1-3-7(8)9-17-5-6-18-9/h1-4,9H,5-6H2. The van der Waals surface area contributed by atoms with Gasteiger partial charge < -0.3 is 14.2 Å². The summed E-state index contributed by atoms with van der Waals surface area (Å²) < 4.78 is 61.4. The quantitative estimate of drug-likeness (QED) is 0.618. The van der Waals surface area contributed by atoms with E-state index in [1.165, 1.54) is 18.2 Å². The largest absolute Gasteiger partial charge is 0.472 e. The lowest BCUT2D eigenvalue weighted by atomic mass is 10.2. The van der Waals surface area contributed by atoms with Crippen molar-refractivity contribution in [2.75, 3.05) is 13.2 Å². The molecule has 0 bridgehead atoms. The summed E-state index contributed by atoms with van der Waals surface area (Å²) >= 11 is 1.89. The van der Waals surface area contributed by atoms with Crippen LogP contribution in [0.1, 0.15) is 11.9 Å². The highest BCUT2D eigenvalue weighted by atomic mass is 79.9. The van der Waals surface area contributed by atoms with Gasteiger partial charge in [-0.15, -0.1) is 0 Å². The molecular weight excluding hydrogens is 336 g/mol. The highest BCUT2D eigenvalue weighted by molar-refractivity contribution is 9.10. The zero-order chi connectivity index (χ0) is 14.1. The van der Waals surface area contributed by atoms with E-state index in [1.807, 2.05) is 15.9 Å². The molecule has 0 saturated carbocycles. The molecule has 1 aliphatic rings. The van der Waals surface area contributed by atoms with E-state index in [9.17, 15) is 17.6 Å². The maximum Gasteiger partial charge on any atom is 0.472 e. The van der Waals surface area contributed by atoms with E-state index < -0.39 is 17.2 Å². The third-order valence-electron chi connectivity index (χ3n) is 2.36. The normalized spacial score (nSPS) is 20.3. The summed E-state index contributed by atoms with van der Waals surface area (Å²) in [4.78, 5) is 0. The van der Waals surface area contributed by atoms with Gasteiger partial charge in [0, 0.05) is 21.5 Å². The molecule has 3 nitrogen and oxygen atoms in total. The molecule has 1 saturated heterocycles. The maximum atomic E-state index is 13.4. The number of alkyl halides is 5. The maximum absolute atomic E-state index is 13.4. The first-order valence-electron chi connectivity index (χ1n) is 5.27. The summed E-state index contributed by atoms with van der Waals surface area (Å²) in [6.45, 7) is 0.626. The van der Waals surface area contributed by atoms with Crippen LogP contribution in [-0.2, 0) is 9.47 Å². The van der Waals surface area contributed by atoms with Gasteiger partial charge in [-0.1, -0.05) is 18.2 Å². The van der Waals surface area contributed by atoms with Crippen LogP contribution in [0.15, 0.2) is 24.3 Å². The summed E-state index contributed by atoms with van der Waals surface area (Å²) in [5.74, 6) is -0.300. The van der Waals surface area contributed by atoms with Gasteiger partial charge in [-0.3, -0.25) is 0 Å². The molecule has 1 unspecified atom stereocenters. The molecule has 1 fully saturated rings. The first-order valence-corrected chi connectivity index (χ1v) is 6.06. The van der Waals surface area contributed by atoms with Gasteiger partial charge in [0.1, 0.15) is 5.75 Å². The average Bonchev–Trinajstić information content (AvgIpc) is 2.81. The Labute approximate surface area is 114 Å². The minimum atomic E-state index is -5.21. The molecule has 8 heteroatoms. The lowest BCUT2D eigenvalue weighted by Crippen LogP contribution is -2.40. The Hall–Kier alpha value is -0.860. The number of para-hydroxylation sites is 1. The van der Waals surface area contributed by atoms with Crippen LogP contribution >= 0.6 is 15.9 Å². The predicted molar refractivity (Wildman–Crippen MR) is 60.5 cm³/mol. The fraction of sp³-hybridized carbons (Fsp3) is 0.455. The van der Waals surface area contributed by atoms with E-state index >= 15 is 0 Å². The van der Waals surface area contributed by atoms with Crippen LogP contribution in [0.25, 0.3) is 0 Å². The van der Waals surface area contributed by atoms with E-state index in [0.29, 0.717) is 13.2 Å². The minimum Gasteiger partial charge on any atom is -0.442 e. The van der Waals surface area contributed by atoms with Crippen molar-refractivity contribution in [3.8, 4) is 5.75 Å². The summed E-state index contributed by atoms with van der Waals surface area (Å²) in [5, 5.41) is 0. The van der Waals surface area contributed by atoms with Crippen molar-refractivity contribution in [2.24, 2.45) is 0 Å². The van der Waals surface area contributed by atoms with Gasteiger partial charge >= 0.3 is 10.9 Å². The summed E-state index contributed by atoms with van der Waals surface area (Å²) in [6.07, 6.45) is -6.06. The molecule has 0 aromatic heterocycles. The zero-order valence-corrected chi connectivity index (χ0v) is 11.0. The third kappa shape index (κ3) is 3.18. The number of hydrogen-bond acceptors (Lipinski definition) is 3. The zero-order valence-electron chi connectivity index (χ0n) is 9.42. The van der Waals surface area contributed by atoms with Crippen molar-refractivity contribution in [1.82, 2.24) is 0 Å². The number of halogens is 5. The Morgan fingerprint density at radius 3 is 2.26 bits per heavy atom. The van der Waals surface area contributed by atoms with Crippen LogP contribution < -0.4 is 4.74 Å². The Morgan fingerprint density at radius 2 is 1.68 bits per heavy atom. The Balaban J connectivity index is 2.25. The molecular formula is C11H9BrF4O3. The second kappa shape index (κ2) is 5.26. The average molecular weight is 345 g/mol. The second-order valence-corrected chi connectivity index (χ2v) is 4.75. The molecule has 19 heavy (non-hydrogen) atoms. The van der Waals surface area contributed by atoms with E-state index in [0.717, 1.165) is 0 Å². The minimum absolute atomic E-state index is 0.200. The van der Waals surface area contributed by atoms with E-state index in [-0.39, 0.29) is 11.3 Å². The van der Waals surface area contributed by atoms with Gasteiger partial charge in [0.05, 0.1) is 13.2 Å². The third-order valence-corrected chi connectivity index (χ3v) is 2.97. The van der Waals surface area contributed by atoms with Crippen LogP contribution in [0.3, 0.4) is 0 Å². The van der Waals surface area contributed by atoms with Crippen LogP contribution in [0.5, 0.6) is 5.75 Å². The topological polar surface area (TPSA) is 27.7 Å². The van der Waals surface area contributed by atoms with Gasteiger partial charge in [-0.2, -0.15) is 17.6 Å². The Bertz CT molecular complexity index is 444. The molecule has 0 spiro atoms. The van der Waals surface area contributed by atoms with Gasteiger partial charge in [0.25, 0.3) is 0 Å². The Kier molecular flexibility index (Phi) is 4.03. The first-order chi connectivity index (χ1) is 8.81. The van der Waals surface area contributed by atoms with Gasteiger partial charge in [0.15, 0.2) is 6.29 Å². The molecule has 106 valence electrons. The van der Waals surface area contributed by atoms with Crippen molar-refractivity contribution in [2.45, 2.75) is 17.2 Å². The fourth-order valence-electron chi connectivity index (χ4n) is 1.50. The fourth-order valence-corrected chi connectivity index (χ4v) is 1.68. The molecule has 1 aromatic rings. The predicted octanol–water partition coefficient (Wildman–Crippen LogP) is 3.69. The van der Waals surface area contributed by atoms with E-state index in [2.05, 4.69) is 4.74 Å². The molecule has 0 amide bonds. The lowest BCUT2D eigenvalue weighted by molar-refractivity contribution is -0.252. The highest BCUT2D eigenvalue weighted by Crippen LogP contribution is 2.43. The van der Waals surface area contributed by atoms with Crippen molar-refractivity contribution in [3.05, 3.63) is 29.8 Å². The highest BCUT2D eigenvalue weighted by Gasteiger charge is 2.57. The van der Waals surface area contributed by atoms with Crippen LogP contribution in [0.2, 0.25) is 0 Å². The molecule has 1 atom stereocenters. The Morgan fingerprint density at radius 1 is 1.11 bits per heavy atom. The van der Waals surface area contributed by atoms with Gasteiger partial charge in [-0.05, 0) is 6.07 Å².